The number of anilines is 4. The highest BCUT2D eigenvalue weighted by molar-refractivity contribution is 6.40. The molecular weight excluding hydrogens is 411 g/mol. The van der Waals surface area contributed by atoms with E-state index in [1.165, 1.54) is 0 Å². The van der Waals surface area contributed by atoms with E-state index in [0.717, 1.165) is 18.7 Å². The molecule has 3 N–H and O–H groups in total. The molecule has 1 aromatic carbocycles. The number of benzene rings is 1. The van der Waals surface area contributed by atoms with Crippen LogP contribution in [0.5, 0.6) is 0 Å². The summed E-state index contributed by atoms with van der Waals surface area (Å²) in [5.41, 5.74) is 1.66. The summed E-state index contributed by atoms with van der Waals surface area (Å²) in [6.07, 6.45) is 2.36. The van der Waals surface area contributed by atoms with Gasteiger partial charge in [-0.15, -0.1) is 0 Å². The number of pyridine rings is 1. The number of carbonyl (C=O) groups is 1. The van der Waals surface area contributed by atoms with Crippen molar-refractivity contribution in [1.82, 2.24) is 15.0 Å². The number of aryl methyl sites for hydroxylation is 1. The fraction of sp³-hybridized carbons (Fsp3) is 0.200. The van der Waals surface area contributed by atoms with Gasteiger partial charge in [0.15, 0.2) is 0 Å². The average Bonchev–Trinajstić information content (AvgIpc) is 2.68. The van der Waals surface area contributed by atoms with Crippen LogP contribution in [0, 0.1) is 0 Å². The zero-order valence-electron chi connectivity index (χ0n) is 16.0. The minimum absolute atomic E-state index is 0.223. The molecule has 0 bridgehead atoms. The van der Waals surface area contributed by atoms with Gasteiger partial charge in [-0.1, -0.05) is 36.2 Å². The number of amides is 1. The van der Waals surface area contributed by atoms with E-state index >= 15 is 0 Å². The van der Waals surface area contributed by atoms with E-state index in [-0.39, 0.29) is 15.6 Å². The van der Waals surface area contributed by atoms with Gasteiger partial charge in [0.1, 0.15) is 11.6 Å². The molecule has 0 aliphatic heterocycles. The molecule has 3 rings (SSSR count). The van der Waals surface area contributed by atoms with Crippen LogP contribution in [0.15, 0.2) is 42.6 Å². The zero-order valence-corrected chi connectivity index (χ0v) is 17.5. The second-order valence-corrected chi connectivity index (χ2v) is 6.87. The lowest BCUT2D eigenvalue weighted by molar-refractivity contribution is 0.102. The normalized spacial score (nSPS) is 10.5. The van der Waals surface area contributed by atoms with Gasteiger partial charge in [0.25, 0.3) is 5.91 Å². The molecule has 7 nitrogen and oxygen atoms in total. The molecule has 2 heterocycles. The van der Waals surface area contributed by atoms with Gasteiger partial charge in [0.2, 0.25) is 5.95 Å². The maximum atomic E-state index is 12.6. The minimum Gasteiger partial charge on any atom is -0.354 e. The van der Waals surface area contributed by atoms with Gasteiger partial charge in [0.05, 0.1) is 15.6 Å². The van der Waals surface area contributed by atoms with E-state index in [4.69, 9.17) is 23.2 Å². The van der Waals surface area contributed by atoms with Crippen LogP contribution >= 0.6 is 23.2 Å². The van der Waals surface area contributed by atoms with Crippen molar-refractivity contribution >= 4 is 52.4 Å². The molecule has 0 radical (unpaired) electrons. The number of hydrogen-bond acceptors (Lipinski definition) is 6. The highest BCUT2D eigenvalue weighted by Gasteiger charge is 2.15. The first kappa shape index (κ1) is 20.8. The van der Waals surface area contributed by atoms with E-state index in [0.29, 0.717) is 23.3 Å². The van der Waals surface area contributed by atoms with Gasteiger partial charge in [0, 0.05) is 36.3 Å². The van der Waals surface area contributed by atoms with Crippen molar-refractivity contribution in [3.05, 3.63) is 63.9 Å². The number of nitrogens with one attached hydrogen (secondary N) is 3. The third-order valence-electron chi connectivity index (χ3n) is 3.94. The van der Waals surface area contributed by atoms with Crippen LogP contribution in [-0.4, -0.2) is 27.4 Å². The number of hydrogen-bond donors (Lipinski definition) is 3. The Kier molecular flexibility index (Phi) is 6.85. The van der Waals surface area contributed by atoms with Crippen LogP contribution in [0.25, 0.3) is 0 Å². The summed E-state index contributed by atoms with van der Waals surface area (Å²) in [5, 5.41) is 9.61. The lowest BCUT2D eigenvalue weighted by Crippen LogP contribution is -2.13. The summed E-state index contributed by atoms with van der Waals surface area (Å²) in [5.74, 6) is 1.28. The summed E-state index contributed by atoms with van der Waals surface area (Å²) in [7, 11) is 0. The fourth-order valence-electron chi connectivity index (χ4n) is 2.60. The van der Waals surface area contributed by atoms with E-state index < -0.39 is 5.91 Å². The summed E-state index contributed by atoms with van der Waals surface area (Å²) in [4.78, 5) is 25.7. The Morgan fingerprint density at radius 1 is 1.03 bits per heavy atom. The predicted molar refractivity (Wildman–Crippen MR) is 118 cm³/mol. The molecule has 0 aliphatic rings. The Labute approximate surface area is 178 Å². The Balaban J connectivity index is 1.80. The molecule has 0 saturated carbocycles. The maximum absolute atomic E-state index is 12.6. The van der Waals surface area contributed by atoms with E-state index in [9.17, 15) is 4.79 Å². The number of rotatable bonds is 7. The minimum atomic E-state index is -0.400. The molecule has 1 amide bonds. The highest BCUT2D eigenvalue weighted by atomic mass is 35.5. The second-order valence-electron chi connectivity index (χ2n) is 6.06. The molecule has 0 saturated heterocycles. The maximum Gasteiger partial charge on any atom is 0.258 e. The summed E-state index contributed by atoms with van der Waals surface area (Å²) in [6, 6.07) is 10.1. The molecular formula is C20H20Cl2N6O. The summed E-state index contributed by atoms with van der Waals surface area (Å²) < 4.78 is 0. The quantitative estimate of drug-likeness (QED) is 0.478. The predicted octanol–water partition coefficient (Wildman–Crippen LogP) is 5.17. The second kappa shape index (κ2) is 9.54. The SMILES string of the molecule is CCNc1nc(CC)cc(Nc2cc(NC(=O)c3c(Cl)cccc3Cl)ccn2)n1. The van der Waals surface area contributed by atoms with Crippen LogP contribution in [0.4, 0.5) is 23.3 Å². The van der Waals surface area contributed by atoms with Crippen molar-refractivity contribution < 1.29 is 4.79 Å². The Morgan fingerprint density at radius 2 is 1.79 bits per heavy atom. The average molecular weight is 431 g/mol. The molecule has 3 aromatic rings. The van der Waals surface area contributed by atoms with Gasteiger partial charge in [-0.3, -0.25) is 4.79 Å². The Bertz CT molecular complexity index is 1010. The molecule has 0 fully saturated rings. The van der Waals surface area contributed by atoms with Crippen molar-refractivity contribution in [1.29, 1.82) is 0 Å². The molecule has 0 atom stereocenters. The molecule has 9 heteroatoms. The smallest absolute Gasteiger partial charge is 0.258 e. The van der Waals surface area contributed by atoms with Crippen molar-refractivity contribution in [2.75, 3.05) is 22.5 Å². The van der Waals surface area contributed by atoms with Gasteiger partial charge < -0.3 is 16.0 Å². The van der Waals surface area contributed by atoms with Gasteiger partial charge >= 0.3 is 0 Å². The van der Waals surface area contributed by atoms with E-state index in [1.807, 2.05) is 19.9 Å². The Morgan fingerprint density at radius 3 is 2.48 bits per heavy atom. The van der Waals surface area contributed by atoms with Crippen molar-refractivity contribution in [2.24, 2.45) is 0 Å². The van der Waals surface area contributed by atoms with Crippen LogP contribution in [0.1, 0.15) is 29.9 Å². The molecule has 0 spiro atoms. The third-order valence-corrected chi connectivity index (χ3v) is 4.57. The lowest BCUT2D eigenvalue weighted by atomic mass is 10.2. The van der Waals surface area contributed by atoms with Crippen molar-refractivity contribution in [3.63, 3.8) is 0 Å². The highest BCUT2D eigenvalue weighted by Crippen LogP contribution is 2.26. The topological polar surface area (TPSA) is 91.8 Å². The van der Waals surface area contributed by atoms with Gasteiger partial charge in [-0.05, 0) is 31.5 Å². The van der Waals surface area contributed by atoms with Crippen LogP contribution in [-0.2, 0) is 6.42 Å². The lowest BCUT2D eigenvalue weighted by Gasteiger charge is -2.11. The fourth-order valence-corrected chi connectivity index (χ4v) is 3.17. The third kappa shape index (κ3) is 5.34. The van der Waals surface area contributed by atoms with Crippen molar-refractivity contribution in [2.45, 2.75) is 20.3 Å². The zero-order chi connectivity index (χ0) is 20.8. The molecule has 2 aromatic heterocycles. The van der Waals surface area contributed by atoms with Gasteiger partial charge in [-0.2, -0.15) is 4.98 Å². The number of carbonyl (C=O) groups excluding carboxylic acids is 1. The van der Waals surface area contributed by atoms with Gasteiger partial charge in [-0.25, -0.2) is 9.97 Å². The molecule has 0 aliphatic carbocycles. The first-order chi connectivity index (χ1) is 14.0. The first-order valence-electron chi connectivity index (χ1n) is 9.10. The van der Waals surface area contributed by atoms with Crippen molar-refractivity contribution in [3.8, 4) is 0 Å². The van der Waals surface area contributed by atoms with E-state index in [2.05, 4.69) is 30.9 Å². The molecule has 150 valence electrons. The van der Waals surface area contributed by atoms with E-state index in [1.54, 1.807) is 36.5 Å². The first-order valence-corrected chi connectivity index (χ1v) is 9.86. The Hall–Kier alpha value is -2.90. The largest absolute Gasteiger partial charge is 0.354 e. The summed E-state index contributed by atoms with van der Waals surface area (Å²) in [6.45, 7) is 4.72. The monoisotopic (exact) mass is 430 g/mol. The standard InChI is InChI=1S/C20H20Cl2N6O/c1-3-12-10-17(28-20(26-12)23-4-2)27-16-11-13(8-9-24-16)25-19(29)18-14(21)6-5-7-15(18)22/h5-11H,3-4H2,1-2H3,(H3,23,24,25,26,27,28,29). The van der Waals surface area contributed by atoms with Crippen LogP contribution in [0.3, 0.4) is 0 Å². The van der Waals surface area contributed by atoms with Crippen LogP contribution < -0.4 is 16.0 Å². The summed E-state index contributed by atoms with van der Waals surface area (Å²) >= 11 is 12.2. The van der Waals surface area contributed by atoms with Crippen LogP contribution in [0.2, 0.25) is 10.0 Å². The molecule has 29 heavy (non-hydrogen) atoms. The molecule has 0 unspecified atom stereocenters. The number of aromatic nitrogens is 3. The number of halogens is 2. The number of nitrogens with zero attached hydrogens (tertiary/aromatic N) is 3.